The zero-order valence-corrected chi connectivity index (χ0v) is 10.9. The van der Waals surface area contributed by atoms with Crippen molar-refractivity contribution in [3.8, 4) is 0 Å². The molecule has 0 atom stereocenters. The molecule has 0 amide bonds. The number of hydrogen-bond donors (Lipinski definition) is 2. The minimum absolute atomic E-state index is 0.303. The zero-order valence-electron chi connectivity index (χ0n) is 10.1. The van der Waals surface area contributed by atoms with Crippen molar-refractivity contribution in [1.82, 2.24) is 9.78 Å². The first-order chi connectivity index (χ1) is 9.22. The van der Waals surface area contributed by atoms with Gasteiger partial charge in [0.25, 0.3) is 10.0 Å². The summed E-state index contributed by atoms with van der Waals surface area (Å²) in [5.74, 6) is -5.14. The van der Waals surface area contributed by atoms with Crippen LogP contribution < -0.4 is 10.5 Å². The van der Waals surface area contributed by atoms with E-state index in [1.807, 2.05) is 0 Å². The maximum Gasteiger partial charge on any atom is 0.267 e. The molecule has 20 heavy (non-hydrogen) atoms. The number of hydrogen-bond acceptors (Lipinski definition) is 4. The van der Waals surface area contributed by atoms with Crippen LogP contribution in [-0.2, 0) is 17.1 Å². The lowest BCUT2D eigenvalue weighted by Gasteiger charge is -2.08. The van der Waals surface area contributed by atoms with Crippen molar-refractivity contribution < 1.29 is 21.6 Å². The monoisotopic (exact) mass is 306 g/mol. The molecular formula is C10H9F3N4O2S. The van der Waals surface area contributed by atoms with Gasteiger partial charge in [-0.1, -0.05) is 0 Å². The molecule has 0 saturated carbocycles. The normalized spacial score (nSPS) is 11.6. The molecule has 0 fully saturated rings. The van der Waals surface area contributed by atoms with Crippen molar-refractivity contribution in [1.29, 1.82) is 0 Å². The van der Waals surface area contributed by atoms with Gasteiger partial charge in [-0.25, -0.2) is 21.6 Å². The molecule has 10 heteroatoms. The van der Waals surface area contributed by atoms with Crippen molar-refractivity contribution in [3.63, 3.8) is 0 Å². The van der Waals surface area contributed by atoms with E-state index in [9.17, 15) is 21.6 Å². The second-order valence-electron chi connectivity index (χ2n) is 3.88. The Balaban J connectivity index is 2.44. The molecule has 0 radical (unpaired) electrons. The van der Waals surface area contributed by atoms with Crippen LogP contribution in [0, 0.1) is 17.5 Å². The first-order valence-corrected chi connectivity index (χ1v) is 6.66. The van der Waals surface area contributed by atoms with E-state index in [0.717, 1.165) is 16.9 Å². The van der Waals surface area contributed by atoms with E-state index in [-0.39, 0.29) is 5.82 Å². The Morgan fingerprint density at radius 3 is 2.45 bits per heavy atom. The number of anilines is 2. The molecule has 0 bridgehead atoms. The fourth-order valence-corrected chi connectivity index (χ4v) is 2.66. The van der Waals surface area contributed by atoms with Crippen molar-refractivity contribution in [2.75, 3.05) is 10.5 Å². The molecular weight excluding hydrogens is 297 g/mol. The minimum atomic E-state index is -4.26. The van der Waals surface area contributed by atoms with E-state index < -0.39 is 38.1 Å². The minimum Gasteiger partial charge on any atom is -0.381 e. The summed E-state index contributed by atoms with van der Waals surface area (Å²) in [7, 11) is -2.82. The summed E-state index contributed by atoms with van der Waals surface area (Å²) in [5, 5.41) is 3.62. The maximum absolute atomic E-state index is 13.4. The summed E-state index contributed by atoms with van der Waals surface area (Å²) in [4.78, 5) is -0.399. The highest BCUT2D eigenvalue weighted by Gasteiger charge is 2.23. The molecule has 0 aliphatic heterocycles. The second-order valence-corrected chi connectivity index (χ2v) is 5.53. The van der Waals surface area contributed by atoms with E-state index in [2.05, 4.69) is 5.10 Å². The lowest BCUT2D eigenvalue weighted by Crippen LogP contribution is -2.15. The third-order valence-corrected chi connectivity index (χ3v) is 3.77. The van der Waals surface area contributed by atoms with Crippen LogP contribution >= 0.6 is 0 Å². The topological polar surface area (TPSA) is 90.0 Å². The lowest BCUT2D eigenvalue weighted by molar-refractivity contribution is 0.449. The Bertz CT molecular complexity index is 773. The summed E-state index contributed by atoms with van der Waals surface area (Å²) >= 11 is 0. The number of sulfonamides is 1. The summed E-state index contributed by atoms with van der Waals surface area (Å²) in [5.41, 5.74) is 4.66. The molecule has 0 aliphatic rings. The van der Waals surface area contributed by atoms with Crippen LogP contribution in [0.1, 0.15) is 0 Å². The van der Waals surface area contributed by atoms with Crippen LogP contribution in [0.15, 0.2) is 23.2 Å². The maximum atomic E-state index is 13.4. The van der Waals surface area contributed by atoms with E-state index in [0.29, 0.717) is 6.07 Å². The molecule has 0 saturated heterocycles. The molecule has 0 spiro atoms. The number of nitrogens with one attached hydrogen (secondary N) is 1. The van der Waals surface area contributed by atoms with Crippen molar-refractivity contribution in [2.24, 2.45) is 7.05 Å². The molecule has 0 unspecified atom stereocenters. The van der Waals surface area contributed by atoms with Crippen molar-refractivity contribution >= 4 is 21.5 Å². The number of nitrogens with zero attached hydrogens (tertiary/aromatic N) is 2. The lowest BCUT2D eigenvalue weighted by atomic mass is 10.3. The van der Waals surface area contributed by atoms with E-state index in [4.69, 9.17) is 5.73 Å². The number of benzene rings is 1. The van der Waals surface area contributed by atoms with E-state index in [1.54, 1.807) is 4.72 Å². The molecule has 6 nitrogen and oxygen atoms in total. The molecule has 1 heterocycles. The average molecular weight is 306 g/mol. The quantitative estimate of drug-likeness (QED) is 0.834. The van der Waals surface area contributed by atoms with Crippen LogP contribution in [-0.4, -0.2) is 18.2 Å². The first kappa shape index (κ1) is 14.2. The number of aromatic nitrogens is 2. The van der Waals surface area contributed by atoms with Gasteiger partial charge in [-0.05, 0) is 12.1 Å². The first-order valence-electron chi connectivity index (χ1n) is 5.18. The van der Waals surface area contributed by atoms with Gasteiger partial charge in [-0.3, -0.25) is 9.40 Å². The van der Waals surface area contributed by atoms with Crippen molar-refractivity contribution in [2.45, 2.75) is 4.90 Å². The number of halogens is 3. The van der Waals surface area contributed by atoms with E-state index in [1.165, 1.54) is 7.05 Å². The summed E-state index contributed by atoms with van der Waals surface area (Å²) in [6.45, 7) is 0. The third kappa shape index (κ3) is 2.41. The van der Waals surface area contributed by atoms with Crippen LogP contribution in [0.2, 0.25) is 0 Å². The fourth-order valence-electron chi connectivity index (χ4n) is 1.50. The fraction of sp³-hybridized carbons (Fsp3) is 0.100. The average Bonchev–Trinajstić information content (AvgIpc) is 2.70. The Hall–Kier alpha value is -2.23. The molecule has 2 aromatic rings. The second kappa shape index (κ2) is 4.71. The molecule has 108 valence electrons. The van der Waals surface area contributed by atoms with Gasteiger partial charge in [0.1, 0.15) is 4.90 Å². The van der Waals surface area contributed by atoms with Crippen LogP contribution in [0.25, 0.3) is 0 Å². The molecule has 1 aromatic carbocycles. The van der Waals surface area contributed by atoms with Gasteiger partial charge in [0, 0.05) is 13.2 Å². The highest BCUT2D eigenvalue weighted by molar-refractivity contribution is 7.92. The Labute approximate surface area is 112 Å². The molecule has 0 aliphatic carbocycles. The highest BCUT2D eigenvalue weighted by Crippen LogP contribution is 2.24. The predicted molar refractivity (Wildman–Crippen MR) is 64.7 cm³/mol. The number of nitrogens with two attached hydrogens (primary N) is 1. The van der Waals surface area contributed by atoms with Gasteiger partial charge < -0.3 is 5.73 Å². The van der Waals surface area contributed by atoms with Gasteiger partial charge in [0.05, 0.1) is 5.69 Å². The van der Waals surface area contributed by atoms with E-state index >= 15 is 0 Å². The van der Waals surface area contributed by atoms with Gasteiger partial charge in [0.15, 0.2) is 23.3 Å². The third-order valence-electron chi connectivity index (χ3n) is 2.39. The van der Waals surface area contributed by atoms with Gasteiger partial charge in [0.2, 0.25) is 0 Å². The Morgan fingerprint density at radius 2 is 1.90 bits per heavy atom. The van der Waals surface area contributed by atoms with Crippen molar-refractivity contribution in [3.05, 3.63) is 35.8 Å². The zero-order chi connectivity index (χ0) is 15.1. The smallest absolute Gasteiger partial charge is 0.267 e. The number of rotatable bonds is 3. The van der Waals surface area contributed by atoms with Crippen LogP contribution in [0.3, 0.4) is 0 Å². The summed E-state index contributed by atoms with van der Waals surface area (Å²) < 4.78 is 66.0. The highest BCUT2D eigenvalue weighted by atomic mass is 32.2. The Morgan fingerprint density at radius 1 is 1.25 bits per heavy atom. The molecule has 3 N–H and O–H groups in total. The molecule has 1 aromatic heterocycles. The van der Waals surface area contributed by atoms with Gasteiger partial charge in [-0.2, -0.15) is 5.10 Å². The summed E-state index contributed by atoms with van der Waals surface area (Å²) in [6.07, 6.45) is 1.09. The standard InChI is InChI=1S/C10H9F3N4O2S/c1-17-4-7(10(14)15-17)20(18,19)16-6-3-2-5(11)8(12)9(6)13/h2-4,16H,1H3,(H2,14,15). The van der Waals surface area contributed by atoms with Crippen LogP contribution in [0.5, 0.6) is 0 Å². The number of aryl methyl sites for hydroxylation is 1. The number of nitrogen functional groups attached to an aromatic ring is 1. The van der Waals surface area contributed by atoms with Crippen LogP contribution in [0.4, 0.5) is 24.7 Å². The SMILES string of the molecule is Cn1cc(S(=O)(=O)Nc2ccc(F)c(F)c2F)c(N)n1. The molecule has 2 rings (SSSR count). The van der Waals surface area contributed by atoms with Gasteiger partial charge in [-0.15, -0.1) is 0 Å². The largest absolute Gasteiger partial charge is 0.381 e. The predicted octanol–water partition coefficient (Wildman–Crippen LogP) is 1.22. The Kier molecular flexibility index (Phi) is 3.34. The summed E-state index contributed by atoms with van der Waals surface area (Å²) in [6, 6.07) is 1.36. The van der Waals surface area contributed by atoms with Gasteiger partial charge >= 0.3 is 0 Å².